The topological polar surface area (TPSA) is 51.6 Å². The van der Waals surface area contributed by atoms with Crippen LogP contribution in [0.4, 0.5) is 0 Å². The molecule has 0 spiro atoms. The zero-order valence-corrected chi connectivity index (χ0v) is 32.7. The molecule has 0 amide bonds. The van der Waals surface area contributed by atoms with Gasteiger partial charge >= 0.3 is 0 Å². The molecule has 2 heterocycles. The van der Waals surface area contributed by atoms with Crippen LogP contribution in [0.5, 0.6) is 0 Å². The lowest BCUT2D eigenvalue weighted by molar-refractivity contribution is 1.07. The van der Waals surface area contributed by atoms with Crippen LogP contribution < -0.4 is 0 Å². The molecule has 10 aromatic rings. The van der Waals surface area contributed by atoms with Crippen molar-refractivity contribution in [1.82, 2.24) is 19.9 Å². The summed E-state index contributed by atoms with van der Waals surface area (Å²) < 4.78 is 0. The van der Waals surface area contributed by atoms with Crippen LogP contribution in [-0.2, 0) is 0 Å². The molecule has 4 nitrogen and oxygen atoms in total. The lowest BCUT2D eigenvalue weighted by Crippen LogP contribution is -2.02. The Morgan fingerprint density at radius 3 is 0.933 bits per heavy atom. The first-order valence-electron chi connectivity index (χ1n) is 20.2. The first-order valence-corrected chi connectivity index (χ1v) is 20.2. The molecule has 0 aliphatic heterocycles. The van der Waals surface area contributed by atoms with E-state index in [1.807, 2.05) is 42.5 Å². The fourth-order valence-corrected chi connectivity index (χ4v) is 7.93. The smallest absolute Gasteiger partial charge is 0.164 e. The van der Waals surface area contributed by atoms with Gasteiger partial charge in [-0.2, -0.15) is 0 Å². The maximum atomic E-state index is 5.60. The van der Waals surface area contributed by atoms with Crippen LogP contribution in [0.15, 0.2) is 231 Å². The highest BCUT2D eigenvalue weighted by Gasteiger charge is 2.25. The monoisotopic (exact) mass is 766 g/mol. The van der Waals surface area contributed by atoms with Crippen molar-refractivity contribution in [3.05, 3.63) is 231 Å². The van der Waals surface area contributed by atoms with E-state index in [0.717, 1.165) is 83.7 Å². The van der Waals surface area contributed by atoms with Crippen LogP contribution in [0.1, 0.15) is 0 Å². The first kappa shape index (κ1) is 36.3. The molecule has 0 aliphatic rings. The molecule has 10 rings (SSSR count). The van der Waals surface area contributed by atoms with E-state index < -0.39 is 0 Å². The van der Waals surface area contributed by atoms with Gasteiger partial charge in [0.25, 0.3) is 0 Å². The van der Waals surface area contributed by atoms with Crippen molar-refractivity contribution in [3.63, 3.8) is 0 Å². The molecule has 4 heteroatoms. The van der Waals surface area contributed by atoms with Crippen LogP contribution in [0.2, 0.25) is 0 Å². The average Bonchev–Trinajstić information content (AvgIpc) is 3.35. The molecule has 0 saturated carbocycles. The fourth-order valence-electron chi connectivity index (χ4n) is 7.93. The zero-order valence-electron chi connectivity index (χ0n) is 32.7. The molecule has 0 atom stereocenters. The summed E-state index contributed by atoms with van der Waals surface area (Å²) in [6, 6.07) is 79.8. The Kier molecular flexibility index (Phi) is 9.92. The number of pyridine rings is 1. The van der Waals surface area contributed by atoms with Gasteiger partial charge in [-0.3, -0.25) is 0 Å². The predicted molar refractivity (Wildman–Crippen MR) is 247 cm³/mol. The number of aromatic nitrogens is 4. The fraction of sp³-hybridized carbons (Fsp3) is 0. The Hall–Kier alpha value is -8.08. The summed E-state index contributed by atoms with van der Waals surface area (Å²) in [5.74, 6) is 1.84. The summed E-state index contributed by atoms with van der Waals surface area (Å²) in [7, 11) is 0. The zero-order chi connectivity index (χ0) is 40.1. The molecule has 0 saturated heterocycles. The van der Waals surface area contributed by atoms with Gasteiger partial charge in [-0.25, -0.2) is 19.9 Å². The first-order chi connectivity index (χ1) is 29.8. The summed E-state index contributed by atoms with van der Waals surface area (Å²) in [5.41, 5.74) is 15.3. The number of hydrogen-bond acceptors (Lipinski definition) is 4. The molecule has 8 aromatic carbocycles. The number of nitrogens with zero attached hydrogens (tertiary/aromatic N) is 4. The molecule has 0 N–H and O–H groups in total. The van der Waals surface area contributed by atoms with E-state index in [1.165, 1.54) is 0 Å². The Bertz CT molecular complexity index is 2930. The second kappa shape index (κ2) is 16.4. The van der Waals surface area contributed by atoms with E-state index in [0.29, 0.717) is 17.5 Å². The summed E-state index contributed by atoms with van der Waals surface area (Å²) in [5, 5.41) is 0. The molecule has 0 radical (unpaired) electrons. The van der Waals surface area contributed by atoms with Crippen molar-refractivity contribution in [2.24, 2.45) is 0 Å². The molecule has 0 unspecified atom stereocenters. The Morgan fingerprint density at radius 1 is 0.183 bits per heavy atom. The minimum Gasteiger partial charge on any atom is -0.246 e. The van der Waals surface area contributed by atoms with Crippen LogP contribution in [0.25, 0.3) is 101 Å². The van der Waals surface area contributed by atoms with Gasteiger partial charge in [0, 0.05) is 44.5 Å². The molecule has 2 aromatic heterocycles. The lowest BCUT2D eigenvalue weighted by Gasteiger charge is -2.23. The Balaban J connectivity index is 1.21. The quantitative estimate of drug-likeness (QED) is 0.147. The van der Waals surface area contributed by atoms with E-state index in [9.17, 15) is 0 Å². The van der Waals surface area contributed by atoms with Crippen molar-refractivity contribution in [3.8, 4) is 101 Å². The summed E-state index contributed by atoms with van der Waals surface area (Å²) in [6.45, 7) is 0. The van der Waals surface area contributed by atoms with Crippen LogP contribution >= 0.6 is 0 Å². The van der Waals surface area contributed by atoms with Gasteiger partial charge < -0.3 is 0 Å². The summed E-state index contributed by atoms with van der Waals surface area (Å²) in [4.78, 5) is 21.0. The minimum absolute atomic E-state index is 0.601. The molecule has 282 valence electrons. The third-order valence-electron chi connectivity index (χ3n) is 10.8. The van der Waals surface area contributed by atoms with E-state index in [-0.39, 0.29) is 0 Å². The van der Waals surface area contributed by atoms with Crippen LogP contribution in [0, 0.1) is 0 Å². The molecular weight excluding hydrogens is 729 g/mol. The predicted octanol–water partition coefficient (Wildman–Crippen LogP) is 14.3. The highest BCUT2D eigenvalue weighted by molar-refractivity contribution is 6.05. The van der Waals surface area contributed by atoms with Crippen molar-refractivity contribution >= 4 is 0 Å². The van der Waals surface area contributed by atoms with E-state index in [1.54, 1.807) is 0 Å². The standard InChI is InChI=1S/C56H38N4/c1-7-21-39(22-8-1)47-33-19-20-34-48(47)56-59-54(45-31-17-6-18-32-45)58-55(60-56)46-37-35-42(36-38-46)49-50(40-23-9-2-10-24-40)52(43-27-13-4-14-28-43)57-53(44-29-15-5-16-30-44)51(49)41-25-11-3-12-26-41/h1-38H. The van der Waals surface area contributed by atoms with Crippen molar-refractivity contribution < 1.29 is 0 Å². The van der Waals surface area contributed by atoms with Gasteiger partial charge in [-0.15, -0.1) is 0 Å². The highest BCUT2D eigenvalue weighted by Crippen LogP contribution is 2.48. The molecule has 60 heavy (non-hydrogen) atoms. The largest absolute Gasteiger partial charge is 0.246 e. The van der Waals surface area contributed by atoms with Crippen LogP contribution in [-0.4, -0.2) is 19.9 Å². The van der Waals surface area contributed by atoms with Gasteiger partial charge in [0.1, 0.15) is 0 Å². The molecular formula is C56H38N4. The number of benzene rings is 8. The third-order valence-corrected chi connectivity index (χ3v) is 10.8. The normalized spacial score (nSPS) is 11.0. The average molecular weight is 767 g/mol. The number of hydrogen-bond donors (Lipinski definition) is 0. The lowest BCUT2D eigenvalue weighted by atomic mass is 9.83. The van der Waals surface area contributed by atoms with Crippen molar-refractivity contribution in [2.75, 3.05) is 0 Å². The number of rotatable bonds is 9. The molecule has 0 aliphatic carbocycles. The minimum atomic E-state index is 0.601. The SMILES string of the molecule is c1ccc(-c2nc(-c3ccc(-c4c(-c5ccccc5)c(-c5ccccc5)nc(-c5ccccc5)c4-c4ccccc4)cc3)nc(-c3ccccc3-c3ccccc3)n2)cc1. The van der Waals surface area contributed by atoms with E-state index >= 15 is 0 Å². The second-order valence-electron chi connectivity index (χ2n) is 14.6. The Labute approximate surface area is 350 Å². The van der Waals surface area contributed by atoms with Gasteiger partial charge in [-0.05, 0) is 27.8 Å². The van der Waals surface area contributed by atoms with E-state index in [4.69, 9.17) is 19.9 Å². The second-order valence-corrected chi connectivity index (χ2v) is 14.6. The van der Waals surface area contributed by atoms with Crippen molar-refractivity contribution in [2.45, 2.75) is 0 Å². The highest BCUT2D eigenvalue weighted by atomic mass is 15.0. The van der Waals surface area contributed by atoms with Crippen molar-refractivity contribution in [1.29, 1.82) is 0 Å². The van der Waals surface area contributed by atoms with Gasteiger partial charge in [0.2, 0.25) is 0 Å². The van der Waals surface area contributed by atoms with Gasteiger partial charge in [0.15, 0.2) is 17.5 Å². The van der Waals surface area contributed by atoms with Gasteiger partial charge in [-0.1, -0.05) is 231 Å². The maximum Gasteiger partial charge on any atom is 0.164 e. The summed E-state index contributed by atoms with van der Waals surface area (Å²) in [6.07, 6.45) is 0. The maximum absolute atomic E-state index is 5.60. The Morgan fingerprint density at radius 2 is 0.483 bits per heavy atom. The molecule has 0 bridgehead atoms. The third kappa shape index (κ3) is 7.19. The molecule has 0 fully saturated rings. The van der Waals surface area contributed by atoms with E-state index in [2.05, 4.69) is 188 Å². The summed E-state index contributed by atoms with van der Waals surface area (Å²) >= 11 is 0. The van der Waals surface area contributed by atoms with Gasteiger partial charge in [0.05, 0.1) is 11.4 Å². The van der Waals surface area contributed by atoms with Crippen LogP contribution in [0.3, 0.4) is 0 Å².